The van der Waals surface area contributed by atoms with E-state index in [0.717, 1.165) is 0 Å². The average molecular weight is 342 g/mol. The van der Waals surface area contributed by atoms with Crippen molar-refractivity contribution in [1.82, 2.24) is 0 Å². The molecule has 0 amide bonds. The van der Waals surface area contributed by atoms with E-state index in [1.165, 1.54) is 36.4 Å². The number of rotatable bonds is 3. The Morgan fingerprint density at radius 2 is 1.63 bits per heavy atom. The number of hydrogen-bond acceptors (Lipinski definition) is 4. The molecule has 19 heavy (non-hydrogen) atoms. The van der Waals surface area contributed by atoms with Gasteiger partial charge in [-0.05, 0) is 30.3 Å². The molecule has 0 unspecified atom stereocenters. The zero-order chi connectivity index (χ0) is 14.0. The van der Waals surface area contributed by atoms with Crippen LogP contribution >= 0.6 is 15.9 Å². The second-order valence-corrected chi connectivity index (χ2v) is 6.58. The van der Waals surface area contributed by atoms with Crippen molar-refractivity contribution in [3.63, 3.8) is 0 Å². The predicted molar refractivity (Wildman–Crippen MR) is 72.7 cm³/mol. The smallest absolute Gasteiger partial charge is 0.258 e. The third-order valence-electron chi connectivity index (χ3n) is 2.46. The molecular weight excluding hydrogens is 334 g/mol. The summed E-state index contributed by atoms with van der Waals surface area (Å²) in [7, 11) is -3.66. The van der Waals surface area contributed by atoms with Crippen LogP contribution in [0.4, 0.5) is 5.69 Å². The standard InChI is InChI=1S/C12H8BrNO4S/c13-9-2-1-3-12(8-9)19(17,18)11-6-4-10(5-7-11)14(15)16/h1-8H. The van der Waals surface area contributed by atoms with Gasteiger partial charge < -0.3 is 0 Å². The first-order valence-corrected chi connectivity index (χ1v) is 7.44. The zero-order valence-corrected chi connectivity index (χ0v) is 11.9. The molecule has 5 nitrogen and oxygen atoms in total. The fraction of sp³-hybridized carbons (Fsp3) is 0. The fourth-order valence-electron chi connectivity index (χ4n) is 1.52. The number of hydrogen-bond donors (Lipinski definition) is 0. The Morgan fingerprint density at radius 3 is 2.16 bits per heavy atom. The van der Waals surface area contributed by atoms with Crippen LogP contribution in [0, 0.1) is 10.1 Å². The van der Waals surface area contributed by atoms with E-state index in [1.54, 1.807) is 12.1 Å². The number of halogens is 1. The van der Waals surface area contributed by atoms with Crippen LogP contribution in [0.2, 0.25) is 0 Å². The summed E-state index contributed by atoms with van der Waals surface area (Å²) in [5.74, 6) is 0. The monoisotopic (exact) mass is 341 g/mol. The van der Waals surface area contributed by atoms with Crippen molar-refractivity contribution >= 4 is 31.5 Å². The van der Waals surface area contributed by atoms with Gasteiger partial charge in [0.1, 0.15) is 0 Å². The van der Waals surface area contributed by atoms with Gasteiger partial charge in [0.25, 0.3) is 5.69 Å². The molecule has 2 aromatic rings. The van der Waals surface area contributed by atoms with Crippen LogP contribution < -0.4 is 0 Å². The lowest BCUT2D eigenvalue weighted by atomic mass is 10.3. The highest BCUT2D eigenvalue weighted by atomic mass is 79.9. The Balaban J connectivity index is 2.48. The van der Waals surface area contributed by atoms with Gasteiger partial charge in [0.05, 0.1) is 14.7 Å². The molecule has 7 heteroatoms. The fourth-order valence-corrected chi connectivity index (χ4v) is 3.37. The first-order chi connectivity index (χ1) is 8.91. The van der Waals surface area contributed by atoms with Gasteiger partial charge >= 0.3 is 0 Å². The molecule has 0 atom stereocenters. The van der Waals surface area contributed by atoms with Gasteiger partial charge in [-0.25, -0.2) is 8.42 Å². The lowest BCUT2D eigenvalue weighted by Gasteiger charge is -2.04. The van der Waals surface area contributed by atoms with Crippen LogP contribution in [0.1, 0.15) is 0 Å². The minimum atomic E-state index is -3.66. The molecule has 0 saturated carbocycles. The number of nitrogens with zero attached hydrogens (tertiary/aromatic N) is 1. The summed E-state index contributed by atoms with van der Waals surface area (Å²) < 4.78 is 25.2. The molecule has 2 rings (SSSR count). The molecule has 0 radical (unpaired) electrons. The molecule has 2 aromatic carbocycles. The summed E-state index contributed by atoms with van der Waals surface area (Å²) in [6, 6.07) is 11.1. The van der Waals surface area contributed by atoms with E-state index in [9.17, 15) is 18.5 Å². The van der Waals surface area contributed by atoms with E-state index in [1.807, 2.05) is 0 Å². The SMILES string of the molecule is O=[N+]([O-])c1ccc(S(=O)(=O)c2cccc(Br)c2)cc1. The molecule has 98 valence electrons. The molecular formula is C12H8BrNO4S. The van der Waals surface area contributed by atoms with Gasteiger partial charge in [-0.15, -0.1) is 0 Å². The Kier molecular flexibility index (Phi) is 3.68. The summed E-state index contributed by atoms with van der Waals surface area (Å²) in [6.45, 7) is 0. The van der Waals surface area contributed by atoms with Crippen molar-refractivity contribution in [2.75, 3.05) is 0 Å². The van der Waals surface area contributed by atoms with Crippen molar-refractivity contribution < 1.29 is 13.3 Å². The summed E-state index contributed by atoms with van der Waals surface area (Å²) in [5.41, 5.74) is -0.145. The maximum absolute atomic E-state index is 12.3. The van der Waals surface area contributed by atoms with Gasteiger partial charge in [0.15, 0.2) is 0 Å². The third kappa shape index (κ3) is 2.82. The second-order valence-electron chi connectivity index (χ2n) is 3.71. The number of nitro benzene ring substituents is 1. The number of sulfone groups is 1. The van der Waals surface area contributed by atoms with Crippen LogP contribution in [0.5, 0.6) is 0 Å². The van der Waals surface area contributed by atoms with Gasteiger partial charge in [-0.2, -0.15) is 0 Å². The number of nitro groups is 1. The lowest BCUT2D eigenvalue weighted by molar-refractivity contribution is -0.384. The minimum absolute atomic E-state index is 0.0243. The molecule has 0 aliphatic heterocycles. The molecule has 0 aliphatic rings. The topological polar surface area (TPSA) is 77.3 Å². The van der Waals surface area contributed by atoms with E-state index in [-0.39, 0.29) is 15.5 Å². The van der Waals surface area contributed by atoms with Crippen LogP contribution in [-0.4, -0.2) is 13.3 Å². The Labute approximate surface area is 118 Å². The number of benzene rings is 2. The predicted octanol–water partition coefficient (Wildman–Crippen LogP) is 3.19. The van der Waals surface area contributed by atoms with Crippen molar-refractivity contribution in [3.8, 4) is 0 Å². The van der Waals surface area contributed by atoms with E-state index >= 15 is 0 Å². The zero-order valence-electron chi connectivity index (χ0n) is 9.49. The van der Waals surface area contributed by atoms with E-state index in [0.29, 0.717) is 4.47 Å². The van der Waals surface area contributed by atoms with E-state index in [2.05, 4.69) is 15.9 Å². The Bertz CT molecular complexity index is 726. The summed E-state index contributed by atoms with van der Waals surface area (Å²) in [6.07, 6.45) is 0. The van der Waals surface area contributed by atoms with Crippen molar-refractivity contribution in [1.29, 1.82) is 0 Å². The molecule has 0 saturated heterocycles. The highest BCUT2D eigenvalue weighted by Crippen LogP contribution is 2.24. The highest BCUT2D eigenvalue weighted by molar-refractivity contribution is 9.10. The quantitative estimate of drug-likeness (QED) is 0.634. The van der Waals surface area contributed by atoms with Gasteiger partial charge in [-0.1, -0.05) is 22.0 Å². The molecule has 0 aliphatic carbocycles. The van der Waals surface area contributed by atoms with Crippen LogP contribution in [0.15, 0.2) is 62.8 Å². The second kappa shape index (κ2) is 5.10. The largest absolute Gasteiger partial charge is 0.269 e. The molecule has 0 fully saturated rings. The van der Waals surface area contributed by atoms with Crippen molar-refractivity contribution in [2.24, 2.45) is 0 Å². The minimum Gasteiger partial charge on any atom is -0.258 e. The van der Waals surface area contributed by atoms with Gasteiger partial charge in [0, 0.05) is 16.6 Å². The number of non-ortho nitro benzene ring substituents is 1. The molecule has 0 bridgehead atoms. The molecule has 0 N–H and O–H groups in total. The van der Waals surface area contributed by atoms with E-state index < -0.39 is 14.8 Å². The molecule has 0 heterocycles. The average Bonchev–Trinajstić information content (AvgIpc) is 2.39. The van der Waals surface area contributed by atoms with Crippen LogP contribution in [-0.2, 0) is 9.84 Å². The first kappa shape index (κ1) is 13.7. The van der Waals surface area contributed by atoms with Gasteiger partial charge in [-0.3, -0.25) is 10.1 Å². The van der Waals surface area contributed by atoms with Crippen LogP contribution in [0.25, 0.3) is 0 Å². The van der Waals surface area contributed by atoms with Crippen molar-refractivity contribution in [2.45, 2.75) is 9.79 Å². The van der Waals surface area contributed by atoms with Crippen molar-refractivity contribution in [3.05, 3.63) is 63.1 Å². The Morgan fingerprint density at radius 1 is 1.00 bits per heavy atom. The summed E-state index contributed by atoms with van der Waals surface area (Å²) >= 11 is 3.20. The maximum Gasteiger partial charge on any atom is 0.269 e. The van der Waals surface area contributed by atoms with E-state index in [4.69, 9.17) is 0 Å². The maximum atomic E-state index is 12.3. The normalized spacial score (nSPS) is 11.2. The highest BCUT2D eigenvalue weighted by Gasteiger charge is 2.18. The molecule has 0 aromatic heterocycles. The van der Waals surface area contributed by atoms with Crippen LogP contribution in [0.3, 0.4) is 0 Å². The Hall–Kier alpha value is -1.73. The summed E-state index contributed by atoms with van der Waals surface area (Å²) in [5, 5.41) is 10.5. The lowest BCUT2D eigenvalue weighted by Crippen LogP contribution is -2.02. The van der Waals surface area contributed by atoms with Gasteiger partial charge in [0.2, 0.25) is 9.84 Å². The summed E-state index contributed by atoms with van der Waals surface area (Å²) in [4.78, 5) is 10.1. The first-order valence-electron chi connectivity index (χ1n) is 5.16. The molecule has 0 spiro atoms. The third-order valence-corrected chi connectivity index (χ3v) is 4.72.